The second kappa shape index (κ2) is 7.24. The van der Waals surface area contributed by atoms with E-state index < -0.39 is 6.03 Å². The molecule has 0 unspecified atom stereocenters. The lowest BCUT2D eigenvalue weighted by Crippen LogP contribution is -2.46. The Morgan fingerprint density at radius 2 is 2.13 bits per heavy atom. The van der Waals surface area contributed by atoms with Crippen LogP contribution in [0, 0.1) is 0 Å². The molecule has 7 nitrogen and oxygen atoms in total. The lowest BCUT2D eigenvalue weighted by molar-refractivity contribution is -0.134. The SMILES string of the molecule is O=C(NCC(=O)N1CCOCC1)Nc1nc2ccc(Br)cc2s1. The van der Waals surface area contributed by atoms with Crippen LogP contribution in [0.5, 0.6) is 0 Å². The molecule has 122 valence electrons. The molecule has 0 bridgehead atoms. The zero-order valence-electron chi connectivity index (χ0n) is 12.2. The Labute approximate surface area is 145 Å². The molecule has 0 spiro atoms. The number of ether oxygens (including phenoxy) is 1. The van der Waals surface area contributed by atoms with Crippen molar-refractivity contribution >= 4 is 54.6 Å². The molecule has 0 saturated carbocycles. The van der Waals surface area contributed by atoms with Crippen LogP contribution in [0.3, 0.4) is 0 Å². The van der Waals surface area contributed by atoms with Crippen molar-refractivity contribution in [1.29, 1.82) is 0 Å². The van der Waals surface area contributed by atoms with Crippen molar-refractivity contribution in [2.45, 2.75) is 0 Å². The minimum Gasteiger partial charge on any atom is -0.378 e. The van der Waals surface area contributed by atoms with E-state index in [9.17, 15) is 9.59 Å². The maximum absolute atomic E-state index is 11.9. The lowest BCUT2D eigenvalue weighted by atomic mass is 10.3. The zero-order valence-corrected chi connectivity index (χ0v) is 14.6. The van der Waals surface area contributed by atoms with Gasteiger partial charge in [0.2, 0.25) is 5.91 Å². The predicted octanol–water partition coefficient (Wildman–Crippen LogP) is 2.04. The van der Waals surface area contributed by atoms with E-state index in [1.807, 2.05) is 18.2 Å². The first-order valence-electron chi connectivity index (χ1n) is 7.08. The van der Waals surface area contributed by atoms with Crippen molar-refractivity contribution in [1.82, 2.24) is 15.2 Å². The number of halogens is 1. The van der Waals surface area contributed by atoms with Gasteiger partial charge in [-0.05, 0) is 18.2 Å². The molecule has 0 radical (unpaired) electrons. The number of thiazole rings is 1. The van der Waals surface area contributed by atoms with Crippen molar-refractivity contribution in [3.05, 3.63) is 22.7 Å². The molecule has 1 aromatic heterocycles. The molecule has 3 rings (SSSR count). The van der Waals surface area contributed by atoms with Crippen molar-refractivity contribution in [2.24, 2.45) is 0 Å². The Hall–Kier alpha value is -1.71. The predicted molar refractivity (Wildman–Crippen MR) is 91.7 cm³/mol. The molecule has 1 fully saturated rings. The highest BCUT2D eigenvalue weighted by Gasteiger charge is 2.17. The van der Waals surface area contributed by atoms with E-state index in [2.05, 4.69) is 31.5 Å². The second-order valence-corrected chi connectivity index (χ2v) is 6.88. The van der Waals surface area contributed by atoms with Crippen molar-refractivity contribution in [2.75, 3.05) is 38.2 Å². The van der Waals surface area contributed by atoms with Gasteiger partial charge in [-0.25, -0.2) is 9.78 Å². The lowest BCUT2D eigenvalue weighted by Gasteiger charge is -2.26. The van der Waals surface area contributed by atoms with Crippen LogP contribution in [0.25, 0.3) is 10.2 Å². The average molecular weight is 399 g/mol. The Balaban J connectivity index is 1.52. The molecule has 1 saturated heterocycles. The molecule has 0 atom stereocenters. The third-order valence-corrected chi connectivity index (χ3v) is 4.76. The molecule has 2 aromatic rings. The number of aromatic nitrogens is 1. The minimum absolute atomic E-state index is 0.0394. The number of morpholine rings is 1. The normalized spacial score (nSPS) is 14.7. The highest BCUT2D eigenvalue weighted by atomic mass is 79.9. The van der Waals surface area contributed by atoms with Crippen LogP contribution >= 0.6 is 27.3 Å². The smallest absolute Gasteiger partial charge is 0.321 e. The summed E-state index contributed by atoms with van der Waals surface area (Å²) in [6.45, 7) is 2.17. The van der Waals surface area contributed by atoms with Gasteiger partial charge in [0.25, 0.3) is 0 Å². The topological polar surface area (TPSA) is 83.6 Å². The Bertz CT molecular complexity index is 730. The van der Waals surface area contributed by atoms with Crippen molar-refractivity contribution in [3.8, 4) is 0 Å². The number of fused-ring (bicyclic) bond motifs is 1. The van der Waals surface area contributed by atoms with E-state index in [0.29, 0.717) is 31.4 Å². The largest absolute Gasteiger partial charge is 0.378 e. The number of hydrogen-bond acceptors (Lipinski definition) is 5. The Morgan fingerprint density at radius 3 is 2.91 bits per heavy atom. The fourth-order valence-corrected chi connectivity index (χ4v) is 3.59. The number of anilines is 1. The molecule has 3 amide bonds. The molecule has 1 aliphatic rings. The summed E-state index contributed by atoms with van der Waals surface area (Å²) < 4.78 is 7.12. The first-order valence-corrected chi connectivity index (χ1v) is 8.69. The van der Waals surface area contributed by atoms with Crippen LogP contribution in [0.15, 0.2) is 22.7 Å². The summed E-state index contributed by atoms with van der Waals surface area (Å²) in [5.74, 6) is -0.114. The number of urea groups is 1. The monoisotopic (exact) mass is 398 g/mol. The first-order chi connectivity index (χ1) is 11.1. The van der Waals surface area contributed by atoms with Gasteiger partial charge in [0.05, 0.1) is 30.0 Å². The molecule has 23 heavy (non-hydrogen) atoms. The van der Waals surface area contributed by atoms with Gasteiger partial charge in [-0.2, -0.15) is 0 Å². The number of benzene rings is 1. The molecule has 1 aliphatic heterocycles. The van der Waals surface area contributed by atoms with E-state index in [-0.39, 0.29) is 12.5 Å². The molecule has 2 N–H and O–H groups in total. The maximum atomic E-state index is 11.9. The number of nitrogens with zero attached hydrogens (tertiary/aromatic N) is 2. The van der Waals surface area contributed by atoms with Gasteiger partial charge in [-0.3, -0.25) is 10.1 Å². The Kier molecular flexibility index (Phi) is 5.09. The first kappa shape index (κ1) is 16.2. The number of rotatable bonds is 3. The average Bonchev–Trinajstić information content (AvgIpc) is 2.94. The summed E-state index contributed by atoms with van der Waals surface area (Å²) in [7, 11) is 0. The van der Waals surface area contributed by atoms with Gasteiger partial charge >= 0.3 is 6.03 Å². The van der Waals surface area contributed by atoms with Gasteiger partial charge in [0.1, 0.15) is 0 Å². The van der Waals surface area contributed by atoms with Gasteiger partial charge < -0.3 is 15.0 Å². The molecule has 0 aliphatic carbocycles. The third kappa shape index (κ3) is 4.18. The maximum Gasteiger partial charge on any atom is 0.321 e. The van der Waals surface area contributed by atoms with Crippen LogP contribution in [0.1, 0.15) is 0 Å². The molecule has 2 heterocycles. The van der Waals surface area contributed by atoms with Crippen LogP contribution < -0.4 is 10.6 Å². The third-order valence-electron chi connectivity index (χ3n) is 3.33. The molecular formula is C14H15BrN4O3S. The quantitative estimate of drug-likeness (QED) is 0.828. The highest BCUT2D eigenvalue weighted by molar-refractivity contribution is 9.10. The molecule has 9 heteroatoms. The fourth-order valence-electron chi connectivity index (χ4n) is 2.17. The molecule has 1 aromatic carbocycles. The summed E-state index contributed by atoms with van der Waals surface area (Å²) in [6, 6.07) is 5.27. The van der Waals surface area contributed by atoms with Gasteiger partial charge in [0.15, 0.2) is 5.13 Å². The standard InChI is InChI=1S/C14H15BrN4O3S/c15-9-1-2-10-11(7-9)23-14(17-10)18-13(21)16-8-12(20)19-3-5-22-6-4-19/h1-2,7H,3-6,8H2,(H2,16,17,18,21). The Morgan fingerprint density at radius 1 is 1.35 bits per heavy atom. The highest BCUT2D eigenvalue weighted by Crippen LogP contribution is 2.28. The number of carbonyl (C=O) groups excluding carboxylic acids is 2. The van der Waals surface area contributed by atoms with Crippen LogP contribution in [0.2, 0.25) is 0 Å². The number of nitrogens with one attached hydrogen (secondary N) is 2. The van der Waals surface area contributed by atoms with E-state index in [1.54, 1.807) is 4.90 Å². The van der Waals surface area contributed by atoms with Gasteiger partial charge in [0, 0.05) is 17.6 Å². The summed E-state index contributed by atoms with van der Waals surface area (Å²) in [5.41, 5.74) is 0.817. The van der Waals surface area contributed by atoms with E-state index >= 15 is 0 Å². The van der Waals surface area contributed by atoms with Crippen molar-refractivity contribution in [3.63, 3.8) is 0 Å². The van der Waals surface area contributed by atoms with E-state index in [1.165, 1.54) is 11.3 Å². The summed E-state index contributed by atoms with van der Waals surface area (Å²) in [6.07, 6.45) is 0. The van der Waals surface area contributed by atoms with E-state index in [0.717, 1.165) is 14.7 Å². The van der Waals surface area contributed by atoms with E-state index in [4.69, 9.17) is 4.74 Å². The number of hydrogen-bond donors (Lipinski definition) is 2. The van der Waals surface area contributed by atoms with Gasteiger partial charge in [-0.15, -0.1) is 0 Å². The summed E-state index contributed by atoms with van der Waals surface area (Å²) >= 11 is 4.78. The summed E-state index contributed by atoms with van der Waals surface area (Å²) in [5, 5.41) is 5.71. The molecular weight excluding hydrogens is 384 g/mol. The number of carbonyl (C=O) groups is 2. The zero-order chi connectivity index (χ0) is 16.2. The summed E-state index contributed by atoms with van der Waals surface area (Å²) in [4.78, 5) is 29.8. The van der Waals surface area contributed by atoms with Crippen LogP contribution in [-0.4, -0.2) is 54.7 Å². The van der Waals surface area contributed by atoms with Crippen LogP contribution in [-0.2, 0) is 9.53 Å². The minimum atomic E-state index is -0.440. The van der Waals surface area contributed by atoms with Crippen molar-refractivity contribution < 1.29 is 14.3 Å². The second-order valence-electron chi connectivity index (χ2n) is 4.93. The fraction of sp³-hybridized carbons (Fsp3) is 0.357. The van der Waals surface area contributed by atoms with Gasteiger partial charge in [-0.1, -0.05) is 27.3 Å². The van der Waals surface area contributed by atoms with Crippen LogP contribution in [0.4, 0.5) is 9.93 Å². The number of amides is 3.